The topological polar surface area (TPSA) is 88.5 Å². The molecule has 3 rings (SSSR count). The molecule has 6 nitrogen and oxygen atoms in total. The van der Waals surface area contributed by atoms with Crippen LogP contribution in [0.4, 0.5) is 13.2 Å². The van der Waals surface area contributed by atoms with Crippen LogP contribution in [0.25, 0.3) is 0 Å². The van der Waals surface area contributed by atoms with Crippen molar-refractivity contribution in [1.82, 2.24) is 9.71 Å². The van der Waals surface area contributed by atoms with Crippen molar-refractivity contribution in [1.29, 1.82) is 0 Å². The van der Waals surface area contributed by atoms with Gasteiger partial charge >= 0.3 is 6.18 Å². The molecule has 26 heavy (non-hydrogen) atoms. The number of nitrogens with zero attached hydrogens (tertiary/aromatic N) is 1. The first-order valence-electron chi connectivity index (χ1n) is 8.47. The Hall–Kier alpha value is -1.23. The van der Waals surface area contributed by atoms with Crippen LogP contribution < -0.4 is 4.72 Å². The SMILES string of the molecule is O=S(=O)(NC(C1CCCO1)C1(CO)CCC1)c1cccnc1C(F)(F)F. The average Bonchev–Trinajstić information content (AvgIpc) is 3.07. The van der Waals surface area contributed by atoms with Crippen LogP contribution in [0.5, 0.6) is 0 Å². The number of alkyl halides is 3. The van der Waals surface area contributed by atoms with Crippen LogP contribution in [0.2, 0.25) is 0 Å². The van der Waals surface area contributed by atoms with Gasteiger partial charge < -0.3 is 9.84 Å². The minimum absolute atomic E-state index is 0.251. The summed E-state index contributed by atoms with van der Waals surface area (Å²) in [5.74, 6) is 0. The molecule has 2 unspecified atom stereocenters. The Morgan fingerprint density at radius 1 is 1.38 bits per heavy atom. The Morgan fingerprint density at radius 2 is 2.12 bits per heavy atom. The lowest BCUT2D eigenvalue weighted by atomic mass is 9.63. The normalized spacial score (nSPS) is 24.2. The first kappa shape index (κ1) is 19.5. The van der Waals surface area contributed by atoms with Crippen molar-refractivity contribution in [2.24, 2.45) is 5.41 Å². The molecular formula is C16H21F3N2O4S. The van der Waals surface area contributed by atoms with Gasteiger partial charge in [0.05, 0.1) is 18.8 Å². The van der Waals surface area contributed by atoms with Crippen molar-refractivity contribution in [2.45, 2.75) is 55.3 Å². The van der Waals surface area contributed by atoms with E-state index in [-0.39, 0.29) is 6.61 Å². The van der Waals surface area contributed by atoms with E-state index in [9.17, 15) is 26.7 Å². The van der Waals surface area contributed by atoms with Gasteiger partial charge in [0, 0.05) is 18.2 Å². The number of hydrogen-bond donors (Lipinski definition) is 2. The molecule has 0 radical (unpaired) electrons. The third-order valence-electron chi connectivity index (χ3n) is 5.27. The molecule has 1 saturated carbocycles. The van der Waals surface area contributed by atoms with Gasteiger partial charge in [0.15, 0.2) is 5.69 Å². The van der Waals surface area contributed by atoms with Crippen molar-refractivity contribution in [3.8, 4) is 0 Å². The summed E-state index contributed by atoms with van der Waals surface area (Å²) in [6.45, 7) is 0.213. The molecule has 2 heterocycles. The number of nitrogens with one attached hydrogen (secondary N) is 1. The molecule has 2 aliphatic rings. The zero-order valence-corrected chi connectivity index (χ0v) is 14.8. The molecule has 2 atom stereocenters. The van der Waals surface area contributed by atoms with E-state index in [1.807, 2.05) is 0 Å². The highest BCUT2D eigenvalue weighted by atomic mass is 32.2. The van der Waals surface area contributed by atoms with Gasteiger partial charge in [-0.3, -0.25) is 4.98 Å². The number of hydrogen-bond acceptors (Lipinski definition) is 5. The second-order valence-electron chi connectivity index (χ2n) is 6.87. The summed E-state index contributed by atoms with van der Waals surface area (Å²) in [5.41, 5.74) is -2.16. The second-order valence-corrected chi connectivity index (χ2v) is 8.55. The Labute approximate surface area is 149 Å². The maximum absolute atomic E-state index is 13.2. The van der Waals surface area contributed by atoms with Crippen molar-refractivity contribution >= 4 is 10.0 Å². The second kappa shape index (κ2) is 7.06. The van der Waals surface area contributed by atoms with E-state index in [1.165, 1.54) is 0 Å². The zero-order valence-electron chi connectivity index (χ0n) is 14.0. The molecule has 2 fully saturated rings. The zero-order chi connectivity index (χ0) is 19.0. The van der Waals surface area contributed by atoms with Crippen molar-refractivity contribution < 1.29 is 31.4 Å². The van der Waals surface area contributed by atoms with Crippen molar-refractivity contribution in [3.05, 3.63) is 24.0 Å². The smallest absolute Gasteiger partial charge is 0.396 e. The lowest BCUT2D eigenvalue weighted by Gasteiger charge is -2.48. The molecule has 0 aromatic carbocycles. The maximum Gasteiger partial charge on any atom is 0.434 e. The molecule has 0 bridgehead atoms. The lowest BCUT2D eigenvalue weighted by Crippen LogP contribution is -2.58. The lowest BCUT2D eigenvalue weighted by molar-refractivity contribution is -0.143. The fourth-order valence-electron chi connectivity index (χ4n) is 3.71. The molecule has 1 aliphatic heterocycles. The van der Waals surface area contributed by atoms with Gasteiger partial charge in [-0.05, 0) is 37.8 Å². The molecule has 1 aliphatic carbocycles. The van der Waals surface area contributed by atoms with E-state index < -0.39 is 44.3 Å². The van der Waals surface area contributed by atoms with E-state index >= 15 is 0 Å². The van der Waals surface area contributed by atoms with E-state index in [0.717, 1.165) is 31.2 Å². The number of aromatic nitrogens is 1. The molecule has 1 aromatic rings. The fourth-order valence-corrected chi connectivity index (χ4v) is 5.25. The van der Waals surface area contributed by atoms with Crippen molar-refractivity contribution in [2.75, 3.05) is 13.2 Å². The standard InChI is InChI=1S/C16H21F3N2O4S/c17-16(18,19)14-12(5-1-8-20-14)26(23,24)21-13(11-4-2-9-25-11)15(10-22)6-3-7-15/h1,5,8,11,13,21-22H,2-4,6-7,9-10H2. The number of ether oxygens (including phenoxy) is 1. The van der Waals surface area contributed by atoms with Gasteiger partial charge in [-0.25, -0.2) is 13.1 Å². The molecule has 1 aromatic heterocycles. The Kier molecular flexibility index (Phi) is 5.31. The van der Waals surface area contributed by atoms with Crippen LogP contribution in [0, 0.1) is 5.41 Å². The quantitative estimate of drug-likeness (QED) is 0.771. The van der Waals surface area contributed by atoms with Gasteiger partial charge in [0.1, 0.15) is 4.90 Å². The summed E-state index contributed by atoms with van der Waals surface area (Å²) in [5, 5.41) is 9.84. The van der Waals surface area contributed by atoms with E-state index in [4.69, 9.17) is 4.74 Å². The Morgan fingerprint density at radius 3 is 2.62 bits per heavy atom. The summed E-state index contributed by atoms with van der Waals surface area (Å²) >= 11 is 0. The molecular weight excluding hydrogens is 373 g/mol. The van der Waals surface area contributed by atoms with Crippen LogP contribution in [0.3, 0.4) is 0 Å². The average molecular weight is 394 g/mol. The molecule has 1 saturated heterocycles. The van der Waals surface area contributed by atoms with Gasteiger partial charge in [-0.1, -0.05) is 6.42 Å². The van der Waals surface area contributed by atoms with Crippen LogP contribution in [0.15, 0.2) is 23.2 Å². The molecule has 2 N–H and O–H groups in total. The highest BCUT2D eigenvalue weighted by Crippen LogP contribution is 2.46. The largest absolute Gasteiger partial charge is 0.434 e. The summed E-state index contributed by atoms with van der Waals surface area (Å²) in [7, 11) is -4.50. The number of pyridine rings is 1. The highest BCUT2D eigenvalue weighted by molar-refractivity contribution is 7.89. The molecule has 146 valence electrons. The van der Waals surface area contributed by atoms with Gasteiger partial charge in [-0.2, -0.15) is 13.2 Å². The van der Waals surface area contributed by atoms with E-state index in [0.29, 0.717) is 25.9 Å². The van der Waals surface area contributed by atoms with Crippen molar-refractivity contribution in [3.63, 3.8) is 0 Å². The number of aliphatic hydroxyl groups excluding tert-OH is 1. The summed E-state index contributed by atoms with van der Waals surface area (Å²) in [6, 6.07) is 1.25. The number of sulfonamides is 1. The molecule has 0 amide bonds. The first-order valence-corrected chi connectivity index (χ1v) is 9.95. The van der Waals surface area contributed by atoms with Crippen LogP contribution in [-0.4, -0.2) is 43.9 Å². The predicted molar refractivity (Wildman–Crippen MR) is 85.7 cm³/mol. The van der Waals surface area contributed by atoms with Crippen LogP contribution in [-0.2, 0) is 20.9 Å². The van der Waals surface area contributed by atoms with Gasteiger partial charge in [0.2, 0.25) is 10.0 Å². The highest BCUT2D eigenvalue weighted by Gasteiger charge is 2.50. The van der Waals surface area contributed by atoms with Crippen LogP contribution in [0.1, 0.15) is 37.8 Å². The van der Waals surface area contributed by atoms with E-state index in [1.54, 1.807) is 0 Å². The third-order valence-corrected chi connectivity index (χ3v) is 6.74. The predicted octanol–water partition coefficient (Wildman–Crippen LogP) is 2.09. The van der Waals surface area contributed by atoms with Gasteiger partial charge in [-0.15, -0.1) is 0 Å². The summed E-state index contributed by atoms with van der Waals surface area (Å²) in [6.07, 6.45) is -1.11. The summed E-state index contributed by atoms with van der Waals surface area (Å²) in [4.78, 5) is 2.30. The maximum atomic E-state index is 13.2. The summed E-state index contributed by atoms with van der Waals surface area (Å²) < 4.78 is 73.1. The first-order chi connectivity index (χ1) is 12.2. The molecule has 10 heteroatoms. The third kappa shape index (κ3) is 3.60. The van der Waals surface area contributed by atoms with E-state index in [2.05, 4.69) is 9.71 Å². The molecule has 0 spiro atoms. The fraction of sp³-hybridized carbons (Fsp3) is 0.688. The number of aliphatic hydroxyl groups is 1. The number of halogens is 3. The minimum atomic E-state index is -4.89. The Balaban J connectivity index is 1.96. The van der Waals surface area contributed by atoms with Crippen LogP contribution >= 0.6 is 0 Å². The number of rotatable bonds is 6. The Bertz CT molecular complexity index is 739. The minimum Gasteiger partial charge on any atom is -0.396 e. The monoisotopic (exact) mass is 394 g/mol. The van der Waals surface area contributed by atoms with Gasteiger partial charge in [0.25, 0.3) is 0 Å².